The third-order valence-corrected chi connectivity index (χ3v) is 5.20. The van der Waals surface area contributed by atoms with Gasteiger partial charge in [0, 0.05) is 42.0 Å². The molecule has 2 aromatic heterocycles. The molecular weight excluding hydrogens is 352 g/mol. The Hall–Kier alpha value is -3.22. The average molecular weight is 376 g/mol. The zero-order valence-corrected chi connectivity index (χ0v) is 16.3. The summed E-state index contributed by atoms with van der Waals surface area (Å²) in [5, 5.41) is 10.7. The van der Waals surface area contributed by atoms with Gasteiger partial charge in [0.15, 0.2) is 0 Å². The molecule has 2 N–H and O–H groups in total. The van der Waals surface area contributed by atoms with Crippen LogP contribution in [0.25, 0.3) is 5.69 Å². The van der Waals surface area contributed by atoms with E-state index < -0.39 is 0 Å². The summed E-state index contributed by atoms with van der Waals surface area (Å²) in [7, 11) is 1.84. The van der Waals surface area contributed by atoms with Crippen LogP contribution in [0.5, 0.6) is 0 Å². The number of aromatic nitrogens is 4. The number of aryl methyl sites for hydroxylation is 2. The summed E-state index contributed by atoms with van der Waals surface area (Å²) < 4.78 is 1.86. The van der Waals surface area contributed by atoms with E-state index in [0.29, 0.717) is 11.5 Å². The van der Waals surface area contributed by atoms with Gasteiger partial charge in [-0.05, 0) is 51.0 Å². The van der Waals surface area contributed by atoms with Crippen molar-refractivity contribution in [3.8, 4) is 5.69 Å². The third kappa shape index (κ3) is 3.60. The van der Waals surface area contributed by atoms with Gasteiger partial charge in [0.2, 0.25) is 0 Å². The van der Waals surface area contributed by atoms with E-state index in [2.05, 4.69) is 25.7 Å². The van der Waals surface area contributed by atoms with Gasteiger partial charge in [-0.2, -0.15) is 5.10 Å². The van der Waals surface area contributed by atoms with Gasteiger partial charge in [-0.15, -0.1) is 0 Å². The predicted octanol–water partition coefficient (Wildman–Crippen LogP) is 3.00. The van der Waals surface area contributed by atoms with E-state index in [1.807, 2.05) is 62.0 Å². The molecule has 7 heteroatoms. The van der Waals surface area contributed by atoms with Crippen molar-refractivity contribution in [2.75, 3.05) is 12.4 Å². The predicted molar refractivity (Wildman–Crippen MR) is 108 cm³/mol. The fourth-order valence-electron chi connectivity index (χ4n) is 3.65. The van der Waals surface area contributed by atoms with Crippen LogP contribution < -0.4 is 10.6 Å². The topological polar surface area (TPSA) is 84.7 Å². The van der Waals surface area contributed by atoms with Crippen LogP contribution in [0.1, 0.15) is 46.2 Å². The van der Waals surface area contributed by atoms with Crippen molar-refractivity contribution in [1.29, 1.82) is 0 Å². The second-order valence-electron chi connectivity index (χ2n) is 7.31. The lowest BCUT2D eigenvalue weighted by atomic mass is 9.78. The minimum absolute atomic E-state index is 0.0505. The first kappa shape index (κ1) is 18.2. The SMILES string of the molecule is CNc1cc(C2CC(NC(=O)c3cccc(-n4nc(C)cc4C)c3)C2)ncn1. The molecule has 0 aliphatic heterocycles. The van der Waals surface area contributed by atoms with Gasteiger partial charge >= 0.3 is 0 Å². The Morgan fingerprint density at radius 2 is 1.96 bits per heavy atom. The van der Waals surface area contributed by atoms with Crippen molar-refractivity contribution in [2.24, 2.45) is 0 Å². The van der Waals surface area contributed by atoms with Gasteiger partial charge in [0.1, 0.15) is 12.1 Å². The van der Waals surface area contributed by atoms with E-state index in [1.54, 1.807) is 6.33 Å². The van der Waals surface area contributed by atoms with Crippen molar-refractivity contribution < 1.29 is 4.79 Å². The monoisotopic (exact) mass is 376 g/mol. The summed E-state index contributed by atoms with van der Waals surface area (Å²) in [6, 6.07) is 11.7. The average Bonchev–Trinajstić information content (AvgIpc) is 3.02. The number of nitrogens with zero attached hydrogens (tertiary/aromatic N) is 4. The van der Waals surface area contributed by atoms with E-state index in [-0.39, 0.29) is 11.9 Å². The van der Waals surface area contributed by atoms with Crippen molar-refractivity contribution in [1.82, 2.24) is 25.1 Å². The molecule has 1 aliphatic rings. The van der Waals surface area contributed by atoms with E-state index in [1.165, 1.54) is 0 Å². The molecule has 0 unspecified atom stereocenters. The lowest BCUT2D eigenvalue weighted by Gasteiger charge is -2.35. The normalized spacial score (nSPS) is 18.4. The highest BCUT2D eigenvalue weighted by atomic mass is 16.1. The zero-order chi connectivity index (χ0) is 19.7. The van der Waals surface area contributed by atoms with Crippen LogP contribution in [0.2, 0.25) is 0 Å². The van der Waals surface area contributed by atoms with Gasteiger partial charge in [0.05, 0.1) is 11.4 Å². The van der Waals surface area contributed by atoms with Gasteiger partial charge in [-0.3, -0.25) is 4.79 Å². The number of carbonyl (C=O) groups is 1. The molecule has 4 rings (SSSR count). The van der Waals surface area contributed by atoms with Crippen molar-refractivity contribution in [3.63, 3.8) is 0 Å². The number of nitrogens with one attached hydrogen (secondary N) is 2. The highest BCUT2D eigenvalue weighted by Gasteiger charge is 2.32. The molecule has 1 fully saturated rings. The Morgan fingerprint density at radius 3 is 2.68 bits per heavy atom. The summed E-state index contributed by atoms with van der Waals surface area (Å²) in [5.74, 6) is 1.13. The summed E-state index contributed by atoms with van der Waals surface area (Å²) in [5.41, 5.74) is 4.57. The molecule has 0 atom stereocenters. The lowest BCUT2D eigenvalue weighted by Crippen LogP contribution is -2.43. The maximum atomic E-state index is 12.7. The Morgan fingerprint density at radius 1 is 1.14 bits per heavy atom. The molecule has 1 amide bonds. The standard InChI is InChI=1S/C21H24N6O/c1-13-7-14(2)27(26-13)18-6-4-5-15(10-18)21(28)25-17-8-16(9-17)19-11-20(22-3)24-12-23-19/h4-7,10-12,16-17H,8-9H2,1-3H3,(H,25,28)(H,22,23,24). The Balaban J connectivity index is 1.40. The van der Waals surface area contributed by atoms with Gasteiger partial charge in [0.25, 0.3) is 5.91 Å². The Kier molecular flexibility index (Phi) is 4.81. The molecule has 7 nitrogen and oxygen atoms in total. The molecule has 144 valence electrons. The number of hydrogen-bond donors (Lipinski definition) is 2. The number of rotatable bonds is 5. The van der Waals surface area contributed by atoms with Crippen molar-refractivity contribution in [2.45, 2.75) is 38.6 Å². The molecule has 0 radical (unpaired) electrons. The minimum Gasteiger partial charge on any atom is -0.373 e. The van der Waals surface area contributed by atoms with Crippen LogP contribution in [0.15, 0.2) is 42.7 Å². The van der Waals surface area contributed by atoms with E-state index in [4.69, 9.17) is 0 Å². The van der Waals surface area contributed by atoms with Crippen LogP contribution >= 0.6 is 0 Å². The van der Waals surface area contributed by atoms with Crippen LogP contribution in [-0.2, 0) is 0 Å². The molecule has 1 aromatic carbocycles. The molecular formula is C21H24N6O. The van der Waals surface area contributed by atoms with Gasteiger partial charge in [-0.1, -0.05) is 6.07 Å². The number of benzene rings is 1. The number of amides is 1. The van der Waals surface area contributed by atoms with Crippen molar-refractivity contribution in [3.05, 3.63) is 65.4 Å². The van der Waals surface area contributed by atoms with Crippen molar-refractivity contribution >= 4 is 11.7 Å². The van der Waals surface area contributed by atoms with E-state index in [0.717, 1.165) is 41.4 Å². The summed E-state index contributed by atoms with van der Waals surface area (Å²) in [6.07, 6.45) is 3.36. The zero-order valence-electron chi connectivity index (χ0n) is 16.3. The van der Waals surface area contributed by atoms with Gasteiger partial charge < -0.3 is 10.6 Å². The van der Waals surface area contributed by atoms with E-state index in [9.17, 15) is 4.79 Å². The number of hydrogen-bond acceptors (Lipinski definition) is 5. The van der Waals surface area contributed by atoms with Crippen LogP contribution in [0, 0.1) is 13.8 Å². The van der Waals surface area contributed by atoms with Crippen LogP contribution in [0.4, 0.5) is 5.82 Å². The third-order valence-electron chi connectivity index (χ3n) is 5.20. The fourth-order valence-corrected chi connectivity index (χ4v) is 3.65. The molecule has 0 spiro atoms. The second kappa shape index (κ2) is 7.42. The first-order valence-electron chi connectivity index (χ1n) is 9.47. The second-order valence-corrected chi connectivity index (χ2v) is 7.31. The highest BCUT2D eigenvalue weighted by molar-refractivity contribution is 5.95. The minimum atomic E-state index is -0.0505. The van der Waals surface area contributed by atoms with Crippen LogP contribution in [0.3, 0.4) is 0 Å². The Labute approximate surface area is 164 Å². The number of carbonyl (C=O) groups excluding carboxylic acids is 1. The largest absolute Gasteiger partial charge is 0.373 e. The highest BCUT2D eigenvalue weighted by Crippen LogP contribution is 2.36. The molecule has 0 saturated heterocycles. The molecule has 1 saturated carbocycles. The molecule has 1 aliphatic carbocycles. The maximum absolute atomic E-state index is 12.7. The van der Waals surface area contributed by atoms with Crippen LogP contribution in [-0.4, -0.2) is 38.7 Å². The first-order valence-corrected chi connectivity index (χ1v) is 9.47. The number of anilines is 1. The maximum Gasteiger partial charge on any atom is 0.251 e. The molecule has 2 heterocycles. The quantitative estimate of drug-likeness (QED) is 0.715. The molecule has 28 heavy (non-hydrogen) atoms. The Bertz CT molecular complexity index is 1010. The van der Waals surface area contributed by atoms with E-state index >= 15 is 0 Å². The summed E-state index contributed by atoms with van der Waals surface area (Å²) in [6.45, 7) is 3.97. The molecule has 0 bridgehead atoms. The first-order chi connectivity index (χ1) is 13.5. The smallest absolute Gasteiger partial charge is 0.251 e. The summed E-state index contributed by atoms with van der Waals surface area (Å²) in [4.78, 5) is 21.2. The van der Waals surface area contributed by atoms with Gasteiger partial charge in [-0.25, -0.2) is 14.6 Å². The lowest BCUT2D eigenvalue weighted by molar-refractivity contribution is 0.0908. The molecule has 3 aromatic rings. The summed E-state index contributed by atoms with van der Waals surface area (Å²) >= 11 is 0. The fraction of sp³-hybridized carbons (Fsp3) is 0.333.